The van der Waals surface area contributed by atoms with Gasteiger partial charge in [0.15, 0.2) is 0 Å². The molecule has 0 fully saturated rings. The van der Waals surface area contributed by atoms with Crippen LogP contribution in [0.15, 0.2) is 47.5 Å². The maximum absolute atomic E-state index is 12.9. The van der Waals surface area contributed by atoms with Gasteiger partial charge in [0.25, 0.3) is 11.6 Å². The average molecular weight is 284 g/mol. The Morgan fingerprint density at radius 1 is 1.14 bits per heavy atom. The smallest absolute Gasteiger partial charge is 0.267 e. The lowest BCUT2D eigenvalue weighted by atomic mass is 9.93. The van der Waals surface area contributed by atoms with Crippen LogP contribution in [-0.2, 0) is 6.42 Å². The highest BCUT2D eigenvalue weighted by Crippen LogP contribution is 2.28. The zero-order chi connectivity index (χ0) is 15.0. The number of halogens is 1. The molecule has 0 radical (unpaired) electrons. The van der Waals surface area contributed by atoms with Crippen molar-refractivity contribution >= 4 is 17.3 Å². The van der Waals surface area contributed by atoms with E-state index in [0.717, 1.165) is 0 Å². The summed E-state index contributed by atoms with van der Waals surface area (Å²) in [5.74, 6) is -0.910. The number of nitro groups is 1. The van der Waals surface area contributed by atoms with Gasteiger partial charge in [-0.3, -0.25) is 14.9 Å². The molecule has 21 heavy (non-hydrogen) atoms. The Balaban J connectivity index is 2.08. The van der Waals surface area contributed by atoms with Crippen LogP contribution in [0.4, 0.5) is 10.1 Å². The Kier molecular flexibility index (Phi) is 3.06. The van der Waals surface area contributed by atoms with Crippen molar-refractivity contribution in [1.29, 1.82) is 0 Å². The SMILES string of the molecule is O=C1N=C(c2ccc(F)cc2)Cc2c1cccc2[N+](=O)[O-]. The van der Waals surface area contributed by atoms with Crippen molar-refractivity contribution in [3.63, 3.8) is 0 Å². The molecule has 1 aliphatic heterocycles. The molecule has 0 bridgehead atoms. The monoisotopic (exact) mass is 284 g/mol. The van der Waals surface area contributed by atoms with Gasteiger partial charge in [0, 0.05) is 18.1 Å². The third-order valence-electron chi connectivity index (χ3n) is 3.34. The molecule has 0 atom stereocenters. The van der Waals surface area contributed by atoms with E-state index in [-0.39, 0.29) is 17.7 Å². The first kappa shape index (κ1) is 13.1. The van der Waals surface area contributed by atoms with Crippen molar-refractivity contribution in [2.75, 3.05) is 0 Å². The molecule has 5 nitrogen and oxygen atoms in total. The van der Waals surface area contributed by atoms with Gasteiger partial charge in [-0.25, -0.2) is 9.38 Å². The number of hydrogen-bond donors (Lipinski definition) is 0. The molecule has 2 aromatic carbocycles. The van der Waals surface area contributed by atoms with Crippen molar-refractivity contribution in [2.24, 2.45) is 4.99 Å². The zero-order valence-electron chi connectivity index (χ0n) is 10.7. The Morgan fingerprint density at radius 3 is 2.52 bits per heavy atom. The van der Waals surface area contributed by atoms with Gasteiger partial charge in [-0.1, -0.05) is 18.2 Å². The summed E-state index contributed by atoms with van der Waals surface area (Å²) >= 11 is 0. The number of fused-ring (bicyclic) bond motifs is 1. The van der Waals surface area contributed by atoms with Gasteiger partial charge in [0.1, 0.15) is 5.82 Å². The van der Waals surface area contributed by atoms with Gasteiger partial charge in [0.05, 0.1) is 16.2 Å². The summed E-state index contributed by atoms with van der Waals surface area (Å²) in [6.07, 6.45) is 0.170. The molecule has 1 amide bonds. The van der Waals surface area contributed by atoms with Crippen molar-refractivity contribution in [2.45, 2.75) is 6.42 Å². The summed E-state index contributed by atoms with van der Waals surface area (Å²) in [6, 6.07) is 9.87. The van der Waals surface area contributed by atoms with Crippen LogP contribution in [0.1, 0.15) is 21.5 Å². The molecule has 0 N–H and O–H groups in total. The molecule has 0 saturated heterocycles. The van der Waals surface area contributed by atoms with E-state index in [0.29, 0.717) is 16.8 Å². The lowest BCUT2D eigenvalue weighted by molar-refractivity contribution is -0.385. The van der Waals surface area contributed by atoms with Crippen molar-refractivity contribution < 1.29 is 14.1 Å². The van der Waals surface area contributed by atoms with Crippen LogP contribution in [0.3, 0.4) is 0 Å². The maximum atomic E-state index is 12.9. The predicted molar refractivity (Wildman–Crippen MR) is 74.1 cm³/mol. The van der Waals surface area contributed by atoms with E-state index in [2.05, 4.69) is 4.99 Å². The topological polar surface area (TPSA) is 72.6 Å². The van der Waals surface area contributed by atoms with E-state index in [9.17, 15) is 19.3 Å². The molecule has 1 aliphatic rings. The Bertz CT molecular complexity index is 782. The van der Waals surface area contributed by atoms with Crippen LogP contribution in [0.5, 0.6) is 0 Å². The Morgan fingerprint density at radius 2 is 1.86 bits per heavy atom. The van der Waals surface area contributed by atoms with Crippen LogP contribution in [0.25, 0.3) is 0 Å². The fraction of sp³-hybridized carbons (Fsp3) is 0.0667. The van der Waals surface area contributed by atoms with E-state index in [1.165, 1.54) is 42.5 Å². The van der Waals surface area contributed by atoms with Gasteiger partial charge in [-0.15, -0.1) is 0 Å². The molecule has 0 aromatic heterocycles. The number of amides is 1. The van der Waals surface area contributed by atoms with Gasteiger partial charge in [-0.05, 0) is 23.8 Å². The molecule has 0 spiro atoms. The molecule has 3 rings (SSSR count). The van der Waals surface area contributed by atoms with E-state index in [1.54, 1.807) is 0 Å². The van der Waals surface area contributed by atoms with E-state index < -0.39 is 16.6 Å². The molecule has 104 valence electrons. The summed E-state index contributed by atoms with van der Waals surface area (Å²) in [4.78, 5) is 26.5. The third-order valence-corrected chi connectivity index (χ3v) is 3.34. The van der Waals surface area contributed by atoms with Crippen LogP contribution >= 0.6 is 0 Å². The quantitative estimate of drug-likeness (QED) is 0.628. The number of rotatable bonds is 2. The van der Waals surface area contributed by atoms with Crippen molar-refractivity contribution in [3.8, 4) is 0 Å². The summed E-state index contributed by atoms with van der Waals surface area (Å²) < 4.78 is 12.9. The molecule has 0 unspecified atom stereocenters. The minimum Gasteiger partial charge on any atom is -0.267 e. The first-order valence-corrected chi connectivity index (χ1v) is 6.20. The fourth-order valence-corrected chi connectivity index (χ4v) is 2.33. The van der Waals surface area contributed by atoms with Gasteiger partial charge < -0.3 is 0 Å². The second-order valence-electron chi connectivity index (χ2n) is 4.61. The van der Waals surface area contributed by atoms with Crippen LogP contribution in [-0.4, -0.2) is 16.5 Å². The van der Waals surface area contributed by atoms with Crippen molar-refractivity contribution in [3.05, 3.63) is 75.1 Å². The summed E-state index contributed by atoms with van der Waals surface area (Å²) in [5, 5.41) is 11.1. The van der Waals surface area contributed by atoms with E-state index in [4.69, 9.17) is 0 Å². The van der Waals surface area contributed by atoms with Gasteiger partial charge in [0.2, 0.25) is 0 Å². The average Bonchev–Trinajstić information content (AvgIpc) is 2.47. The second kappa shape index (κ2) is 4.90. The highest BCUT2D eigenvalue weighted by Gasteiger charge is 2.27. The number of aliphatic imine (C=N–C) groups is 1. The summed E-state index contributed by atoms with van der Waals surface area (Å²) in [7, 11) is 0. The lowest BCUT2D eigenvalue weighted by Gasteiger charge is -2.15. The van der Waals surface area contributed by atoms with Crippen LogP contribution in [0.2, 0.25) is 0 Å². The number of carbonyl (C=O) groups is 1. The second-order valence-corrected chi connectivity index (χ2v) is 4.61. The largest absolute Gasteiger partial charge is 0.277 e. The van der Waals surface area contributed by atoms with E-state index >= 15 is 0 Å². The zero-order valence-corrected chi connectivity index (χ0v) is 10.7. The highest BCUT2D eigenvalue weighted by atomic mass is 19.1. The number of carbonyl (C=O) groups excluding carboxylic acids is 1. The number of nitrogens with zero attached hydrogens (tertiary/aromatic N) is 2. The summed E-state index contributed by atoms with van der Waals surface area (Å²) in [6.45, 7) is 0. The standard InChI is InChI=1S/C15H9FN2O3/c16-10-6-4-9(5-7-10)13-8-12-11(15(19)17-13)2-1-3-14(12)18(20)21/h1-7H,8H2. The molecule has 0 saturated carbocycles. The molecule has 1 heterocycles. The minimum absolute atomic E-state index is 0.102. The van der Waals surface area contributed by atoms with Gasteiger partial charge >= 0.3 is 0 Å². The number of hydrogen-bond acceptors (Lipinski definition) is 3. The van der Waals surface area contributed by atoms with Crippen LogP contribution < -0.4 is 0 Å². The number of nitro benzene ring substituents is 1. The van der Waals surface area contributed by atoms with Crippen molar-refractivity contribution in [1.82, 2.24) is 0 Å². The first-order valence-electron chi connectivity index (χ1n) is 6.20. The predicted octanol–water partition coefficient (Wildman–Crippen LogP) is 2.92. The number of benzene rings is 2. The fourth-order valence-electron chi connectivity index (χ4n) is 2.33. The maximum Gasteiger partial charge on any atom is 0.277 e. The Labute approximate surface area is 118 Å². The summed E-state index contributed by atoms with van der Waals surface area (Å²) in [5.41, 5.74) is 1.47. The van der Waals surface area contributed by atoms with E-state index in [1.807, 2.05) is 0 Å². The minimum atomic E-state index is -0.515. The van der Waals surface area contributed by atoms with Crippen LogP contribution in [0, 0.1) is 15.9 Å². The van der Waals surface area contributed by atoms with Gasteiger partial charge in [-0.2, -0.15) is 0 Å². The highest BCUT2D eigenvalue weighted by molar-refractivity contribution is 6.15. The third kappa shape index (κ3) is 2.31. The molecule has 6 heteroatoms. The first-order chi connectivity index (χ1) is 10.1. The normalized spacial score (nSPS) is 13.6. The molecule has 0 aliphatic carbocycles. The Hall–Kier alpha value is -2.89. The molecular weight excluding hydrogens is 275 g/mol. The lowest BCUT2D eigenvalue weighted by Crippen LogP contribution is -2.18. The molecule has 2 aromatic rings. The molecular formula is C15H9FN2O3.